The molecule has 154 valence electrons. The Kier molecular flexibility index (Phi) is 5.82. The molecule has 6 heteroatoms. The second-order valence-corrected chi connectivity index (χ2v) is 8.23. The van der Waals surface area contributed by atoms with Crippen molar-refractivity contribution in [2.45, 2.75) is 32.6 Å². The molecule has 0 spiro atoms. The van der Waals surface area contributed by atoms with Gasteiger partial charge in [0.05, 0.1) is 31.5 Å². The van der Waals surface area contributed by atoms with Crippen LogP contribution in [-0.4, -0.2) is 32.6 Å². The quantitative estimate of drug-likeness (QED) is 0.830. The molecule has 1 aliphatic rings. The Labute approximate surface area is 171 Å². The molecule has 1 saturated heterocycles. The summed E-state index contributed by atoms with van der Waals surface area (Å²) in [6.45, 7) is 6.65. The van der Waals surface area contributed by atoms with Gasteiger partial charge in [-0.1, -0.05) is 39.0 Å². The molecule has 29 heavy (non-hydrogen) atoms. The Hall–Kier alpha value is -3.02. The van der Waals surface area contributed by atoms with Gasteiger partial charge in [0, 0.05) is 13.0 Å². The van der Waals surface area contributed by atoms with E-state index in [1.54, 1.807) is 25.2 Å². The number of rotatable bonds is 5. The average molecular weight is 396 g/mol. The minimum absolute atomic E-state index is 0.0598. The summed E-state index contributed by atoms with van der Waals surface area (Å²) in [7, 11) is 3.14. The van der Waals surface area contributed by atoms with Gasteiger partial charge in [0.1, 0.15) is 11.5 Å². The molecule has 0 aliphatic carbocycles. The third kappa shape index (κ3) is 4.36. The topological polar surface area (TPSA) is 67.9 Å². The summed E-state index contributed by atoms with van der Waals surface area (Å²) in [5.41, 5.74) is 2.33. The average Bonchev–Trinajstić information content (AvgIpc) is 3.08. The number of nitrogens with one attached hydrogen (secondary N) is 1. The number of carbonyl (C=O) groups is 2. The van der Waals surface area contributed by atoms with E-state index < -0.39 is 5.92 Å². The second-order valence-electron chi connectivity index (χ2n) is 8.23. The van der Waals surface area contributed by atoms with E-state index in [4.69, 9.17) is 9.47 Å². The zero-order chi connectivity index (χ0) is 21.2. The number of hydrogen-bond donors (Lipinski definition) is 1. The van der Waals surface area contributed by atoms with Crippen molar-refractivity contribution in [3.63, 3.8) is 0 Å². The first kappa shape index (κ1) is 20.7. The molecule has 1 fully saturated rings. The smallest absolute Gasteiger partial charge is 0.229 e. The van der Waals surface area contributed by atoms with Gasteiger partial charge >= 0.3 is 0 Å². The van der Waals surface area contributed by atoms with E-state index >= 15 is 0 Å². The minimum atomic E-state index is -0.449. The zero-order valence-electron chi connectivity index (χ0n) is 17.6. The Morgan fingerprint density at radius 3 is 2.41 bits per heavy atom. The molecule has 1 heterocycles. The van der Waals surface area contributed by atoms with Gasteiger partial charge in [-0.05, 0) is 35.2 Å². The predicted octanol–water partition coefficient (Wildman–Crippen LogP) is 3.99. The Balaban J connectivity index is 1.79. The first-order valence-electron chi connectivity index (χ1n) is 9.67. The van der Waals surface area contributed by atoms with Crippen LogP contribution in [0.4, 0.5) is 11.4 Å². The summed E-state index contributed by atoms with van der Waals surface area (Å²) in [5.74, 6) is 0.472. The van der Waals surface area contributed by atoms with Crippen LogP contribution in [0.3, 0.4) is 0 Å². The predicted molar refractivity (Wildman–Crippen MR) is 114 cm³/mol. The first-order chi connectivity index (χ1) is 13.7. The van der Waals surface area contributed by atoms with Crippen molar-refractivity contribution in [3.8, 4) is 11.5 Å². The number of nitrogens with zero attached hydrogens (tertiary/aromatic N) is 1. The van der Waals surface area contributed by atoms with Crippen LogP contribution < -0.4 is 19.7 Å². The van der Waals surface area contributed by atoms with Crippen LogP contribution >= 0.6 is 0 Å². The number of para-hydroxylation sites is 2. The molecular weight excluding hydrogens is 368 g/mol. The SMILES string of the molecule is COc1ccc(C(C)(C)C)cc1NC(=O)[C@H]1CC(=O)N(c2ccccc2OC)C1. The van der Waals surface area contributed by atoms with Gasteiger partial charge in [-0.2, -0.15) is 0 Å². The van der Waals surface area contributed by atoms with Crippen LogP contribution in [0, 0.1) is 5.92 Å². The fourth-order valence-electron chi connectivity index (χ4n) is 3.48. The highest BCUT2D eigenvalue weighted by molar-refractivity contribution is 6.04. The fourth-order valence-corrected chi connectivity index (χ4v) is 3.48. The molecular formula is C23H28N2O4. The van der Waals surface area contributed by atoms with E-state index in [9.17, 15) is 9.59 Å². The van der Waals surface area contributed by atoms with Crippen LogP contribution in [0.15, 0.2) is 42.5 Å². The van der Waals surface area contributed by atoms with Crippen LogP contribution in [0.2, 0.25) is 0 Å². The largest absolute Gasteiger partial charge is 0.495 e. The lowest BCUT2D eigenvalue weighted by Gasteiger charge is -2.22. The van der Waals surface area contributed by atoms with Crippen molar-refractivity contribution in [3.05, 3.63) is 48.0 Å². The van der Waals surface area contributed by atoms with Crippen molar-refractivity contribution in [2.75, 3.05) is 31.0 Å². The monoisotopic (exact) mass is 396 g/mol. The third-order valence-electron chi connectivity index (χ3n) is 5.20. The molecule has 3 rings (SSSR count). The van der Waals surface area contributed by atoms with Crippen LogP contribution in [0.25, 0.3) is 0 Å². The molecule has 0 saturated carbocycles. The fraction of sp³-hybridized carbons (Fsp3) is 0.391. The summed E-state index contributed by atoms with van der Waals surface area (Å²) in [4.78, 5) is 27.1. The van der Waals surface area contributed by atoms with E-state index in [-0.39, 0.29) is 23.7 Å². The molecule has 1 atom stereocenters. The maximum Gasteiger partial charge on any atom is 0.229 e. The number of carbonyl (C=O) groups excluding carboxylic acids is 2. The van der Waals surface area contributed by atoms with Crippen molar-refractivity contribution in [1.82, 2.24) is 0 Å². The number of hydrogen-bond acceptors (Lipinski definition) is 4. The molecule has 0 radical (unpaired) electrons. The number of amides is 2. The third-order valence-corrected chi connectivity index (χ3v) is 5.20. The first-order valence-corrected chi connectivity index (χ1v) is 9.67. The molecule has 1 aliphatic heterocycles. The van der Waals surface area contributed by atoms with E-state index in [2.05, 4.69) is 26.1 Å². The van der Waals surface area contributed by atoms with Gasteiger partial charge in [-0.15, -0.1) is 0 Å². The van der Waals surface area contributed by atoms with Gasteiger partial charge in [0.2, 0.25) is 11.8 Å². The molecule has 0 bridgehead atoms. The molecule has 2 aromatic carbocycles. The van der Waals surface area contributed by atoms with Gasteiger partial charge in [-0.25, -0.2) is 0 Å². The molecule has 1 N–H and O–H groups in total. The van der Waals surface area contributed by atoms with E-state index in [0.717, 1.165) is 5.56 Å². The van der Waals surface area contributed by atoms with Crippen molar-refractivity contribution in [2.24, 2.45) is 5.92 Å². The summed E-state index contributed by atoms with van der Waals surface area (Å²) >= 11 is 0. The van der Waals surface area contributed by atoms with Crippen molar-refractivity contribution in [1.29, 1.82) is 0 Å². The lowest BCUT2D eigenvalue weighted by molar-refractivity contribution is -0.122. The number of anilines is 2. The Bertz CT molecular complexity index is 917. The van der Waals surface area contributed by atoms with Crippen molar-refractivity contribution >= 4 is 23.2 Å². The highest BCUT2D eigenvalue weighted by Crippen LogP contribution is 2.35. The zero-order valence-corrected chi connectivity index (χ0v) is 17.6. The molecule has 0 aromatic heterocycles. The van der Waals surface area contributed by atoms with Crippen LogP contribution in [-0.2, 0) is 15.0 Å². The van der Waals surface area contributed by atoms with Gasteiger partial charge < -0.3 is 19.7 Å². The van der Waals surface area contributed by atoms with Gasteiger partial charge in [0.15, 0.2) is 0 Å². The van der Waals surface area contributed by atoms with E-state index in [1.807, 2.05) is 36.4 Å². The lowest BCUT2D eigenvalue weighted by Crippen LogP contribution is -2.28. The normalized spacial score (nSPS) is 16.7. The number of benzene rings is 2. The number of ether oxygens (including phenoxy) is 2. The molecule has 6 nitrogen and oxygen atoms in total. The summed E-state index contributed by atoms with van der Waals surface area (Å²) < 4.78 is 10.8. The van der Waals surface area contributed by atoms with Crippen LogP contribution in [0.5, 0.6) is 11.5 Å². The lowest BCUT2D eigenvalue weighted by atomic mass is 9.86. The Morgan fingerprint density at radius 1 is 1.07 bits per heavy atom. The molecule has 2 amide bonds. The highest BCUT2D eigenvalue weighted by Gasteiger charge is 2.36. The van der Waals surface area contributed by atoms with Gasteiger partial charge in [-0.3, -0.25) is 9.59 Å². The standard InChI is InChI=1S/C23H28N2O4/c1-23(2,3)16-10-11-19(28-4)17(13-16)24-22(27)15-12-21(26)25(14-15)18-8-6-7-9-20(18)29-5/h6-11,13,15H,12,14H2,1-5H3,(H,24,27)/t15-/m0/s1. The van der Waals surface area contributed by atoms with E-state index in [1.165, 1.54) is 0 Å². The summed E-state index contributed by atoms with van der Waals surface area (Å²) in [6.07, 6.45) is 0.158. The van der Waals surface area contributed by atoms with Crippen LogP contribution in [0.1, 0.15) is 32.8 Å². The van der Waals surface area contributed by atoms with E-state index in [0.29, 0.717) is 29.4 Å². The summed E-state index contributed by atoms with van der Waals surface area (Å²) in [5, 5.41) is 2.96. The Morgan fingerprint density at radius 2 is 1.76 bits per heavy atom. The maximum atomic E-state index is 12.9. The van der Waals surface area contributed by atoms with Crippen molar-refractivity contribution < 1.29 is 19.1 Å². The minimum Gasteiger partial charge on any atom is -0.495 e. The highest BCUT2D eigenvalue weighted by atomic mass is 16.5. The van der Waals surface area contributed by atoms with Gasteiger partial charge in [0.25, 0.3) is 0 Å². The maximum absolute atomic E-state index is 12.9. The molecule has 2 aromatic rings. The molecule has 0 unspecified atom stereocenters. The number of methoxy groups -OCH3 is 2. The second kappa shape index (κ2) is 8.15. The summed E-state index contributed by atoms with van der Waals surface area (Å²) in [6, 6.07) is 13.1.